The molecule has 16 heteroatoms. The van der Waals surface area contributed by atoms with Gasteiger partial charge in [0, 0.05) is 39.1 Å². The molecule has 0 aromatic carbocycles. The van der Waals surface area contributed by atoms with E-state index in [1.807, 2.05) is 0 Å². The van der Waals surface area contributed by atoms with Crippen LogP contribution >= 0.6 is 0 Å². The summed E-state index contributed by atoms with van der Waals surface area (Å²) in [6.45, 7) is 23.7. The Kier molecular flexibility index (Phi) is 29.1. The zero-order chi connectivity index (χ0) is 47.4. The fourth-order valence-electron chi connectivity index (χ4n) is 9.45. The summed E-state index contributed by atoms with van der Waals surface area (Å²) in [7, 11) is -11.0. The molecule has 0 aromatic heterocycles. The van der Waals surface area contributed by atoms with Crippen LogP contribution in [0.5, 0.6) is 0 Å². The third kappa shape index (κ3) is 16.5. The standard InChI is InChI=1S/C49H102O12Si4/c1-11-20-35-50-47(51-36-21-12-2)32-29-44-63(59-47,56-41-26-17-7)62(10,64(57-42-27-18-8)45-30-33-48(60-64,52-37-22-13-3)53-38-23-14-4)65(58-43-28-19-9)46-31-34-49(61-65,54-39-24-15-5)55-40-25-16-6/h11-46H2,1-10H3. The highest BCUT2D eigenvalue weighted by molar-refractivity contribution is 7.85. The zero-order valence-electron chi connectivity index (χ0n) is 43.9. The van der Waals surface area contributed by atoms with Gasteiger partial charge < -0.3 is 55.0 Å². The van der Waals surface area contributed by atoms with Crippen molar-refractivity contribution in [2.45, 2.75) is 259 Å². The van der Waals surface area contributed by atoms with Crippen molar-refractivity contribution in [1.82, 2.24) is 0 Å². The van der Waals surface area contributed by atoms with E-state index in [0.717, 1.165) is 153 Å². The van der Waals surface area contributed by atoms with Gasteiger partial charge >= 0.3 is 24.2 Å². The van der Waals surface area contributed by atoms with Crippen LogP contribution in [0.1, 0.15) is 216 Å². The average molecular weight is 996 g/mol. The summed E-state index contributed by atoms with van der Waals surface area (Å²) in [6.07, 6.45) is 21.5. The summed E-state index contributed by atoms with van der Waals surface area (Å²) in [5.41, 5.74) is 0. The minimum absolute atomic E-state index is 0.539. The fourth-order valence-corrected chi connectivity index (χ4v) is 67.7. The largest absolute Gasteiger partial charge is 0.397 e. The predicted octanol–water partition coefficient (Wildman–Crippen LogP) is 13.4. The number of unbranched alkanes of at least 4 members (excludes halogenated alkanes) is 9. The molecule has 3 saturated heterocycles. The van der Waals surface area contributed by atoms with Crippen molar-refractivity contribution in [2.24, 2.45) is 0 Å². The van der Waals surface area contributed by atoms with Crippen molar-refractivity contribution in [1.29, 1.82) is 0 Å². The summed E-state index contributed by atoms with van der Waals surface area (Å²) >= 11 is 0. The molecule has 3 atom stereocenters. The number of rotatable bonds is 39. The third-order valence-corrected chi connectivity index (χ3v) is 63.9. The summed E-state index contributed by atoms with van der Waals surface area (Å²) in [5.74, 6) is -3.81. The molecule has 12 nitrogen and oxygen atoms in total. The molecular formula is C49H102O12Si4. The third-order valence-electron chi connectivity index (χ3n) is 13.6. The van der Waals surface area contributed by atoms with E-state index in [1.165, 1.54) is 0 Å². The SMILES string of the molecule is CCCCOC1(OCCCC)CCC[Si](OCCCC)([Si](C)([Si]2(OCCCC)CCCC(OCCCC)(OCCCC)O2)[Si]2(OCCCC)CCCC(OCCCC)(OCCCC)O2)O1. The Morgan fingerprint density at radius 2 is 0.538 bits per heavy atom. The molecular weight excluding hydrogens is 893 g/mol. The zero-order valence-corrected chi connectivity index (χ0v) is 47.9. The van der Waals surface area contributed by atoms with Crippen molar-refractivity contribution in [3.63, 3.8) is 0 Å². The lowest BCUT2D eigenvalue weighted by Gasteiger charge is -2.63. The highest BCUT2D eigenvalue weighted by Crippen LogP contribution is 2.56. The van der Waals surface area contributed by atoms with Crippen molar-refractivity contribution in [3.05, 3.63) is 0 Å². The van der Waals surface area contributed by atoms with Crippen LogP contribution in [0.4, 0.5) is 0 Å². The Morgan fingerprint density at radius 3 is 0.738 bits per heavy atom. The predicted molar refractivity (Wildman–Crippen MR) is 270 cm³/mol. The minimum Gasteiger partial charge on any atom is -0.397 e. The first-order valence-corrected chi connectivity index (χ1v) is 39.0. The van der Waals surface area contributed by atoms with E-state index < -0.39 is 48.8 Å². The molecule has 3 heterocycles. The lowest BCUT2D eigenvalue weighted by molar-refractivity contribution is -0.362. The molecule has 0 saturated carbocycles. The van der Waals surface area contributed by atoms with Gasteiger partial charge in [0.2, 0.25) is 6.63 Å². The molecule has 0 bridgehead atoms. The number of hydrogen-bond acceptors (Lipinski definition) is 12. The molecule has 3 rings (SSSR count). The summed E-state index contributed by atoms with van der Waals surface area (Å²) in [6, 6.07) is 2.25. The maximum atomic E-state index is 8.09. The second-order valence-corrected chi connectivity index (χ2v) is 49.2. The van der Waals surface area contributed by atoms with Crippen LogP contribution in [0.25, 0.3) is 0 Å². The summed E-state index contributed by atoms with van der Waals surface area (Å²) in [4.78, 5) is 0. The number of hydrogen-bond donors (Lipinski definition) is 0. The van der Waals surface area contributed by atoms with Crippen LogP contribution in [0.2, 0.25) is 24.7 Å². The first kappa shape index (κ1) is 59.7. The van der Waals surface area contributed by atoms with E-state index in [4.69, 9.17) is 55.0 Å². The maximum Gasteiger partial charge on any atom is 0.327 e. The normalized spacial score (nSPS) is 26.3. The topological polar surface area (TPSA) is 111 Å². The highest BCUT2D eigenvalue weighted by atomic mass is 29.9. The van der Waals surface area contributed by atoms with Crippen LogP contribution in [0.15, 0.2) is 0 Å². The Morgan fingerprint density at radius 1 is 0.338 bits per heavy atom. The fraction of sp³-hybridized carbons (Fsp3) is 1.00. The molecule has 0 radical (unpaired) electrons. The van der Waals surface area contributed by atoms with E-state index in [0.29, 0.717) is 78.7 Å². The molecule has 0 spiro atoms. The molecule has 3 fully saturated rings. The number of ether oxygens (including phenoxy) is 6. The Labute approximate surface area is 402 Å². The second kappa shape index (κ2) is 31.7. The van der Waals surface area contributed by atoms with Gasteiger partial charge in [-0.25, -0.2) is 0 Å². The van der Waals surface area contributed by atoms with Crippen LogP contribution in [-0.4, -0.2) is 108 Å². The van der Waals surface area contributed by atoms with Gasteiger partial charge in [-0.2, -0.15) is 0 Å². The van der Waals surface area contributed by atoms with Crippen LogP contribution in [0.3, 0.4) is 0 Å². The Hall–Kier alpha value is 0.388. The van der Waals surface area contributed by atoms with E-state index in [-0.39, 0.29) is 0 Å². The van der Waals surface area contributed by atoms with E-state index in [9.17, 15) is 0 Å². The van der Waals surface area contributed by atoms with Gasteiger partial charge in [-0.05, 0) is 95.2 Å². The molecule has 386 valence electrons. The van der Waals surface area contributed by atoms with Gasteiger partial charge in [-0.1, -0.05) is 127 Å². The second-order valence-electron chi connectivity index (χ2n) is 19.1. The van der Waals surface area contributed by atoms with Gasteiger partial charge in [0.25, 0.3) is 17.9 Å². The van der Waals surface area contributed by atoms with E-state index >= 15 is 0 Å². The Balaban J connectivity index is 2.58. The molecule has 0 N–H and O–H groups in total. The smallest absolute Gasteiger partial charge is 0.327 e. The summed E-state index contributed by atoms with van der Waals surface area (Å²) in [5, 5.41) is 0. The van der Waals surface area contributed by atoms with Crippen molar-refractivity contribution < 1.29 is 55.0 Å². The molecule has 3 unspecified atom stereocenters. The quantitative estimate of drug-likeness (QED) is 0.0332. The molecule has 0 amide bonds. The average Bonchev–Trinajstić information content (AvgIpc) is 3.30. The van der Waals surface area contributed by atoms with Crippen LogP contribution < -0.4 is 0 Å². The van der Waals surface area contributed by atoms with E-state index in [2.05, 4.69) is 68.9 Å². The van der Waals surface area contributed by atoms with Crippen LogP contribution in [0, 0.1) is 0 Å². The lowest BCUT2D eigenvalue weighted by atomic mass is 10.3. The van der Waals surface area contributed by atoms with Gasteiger partial charge in [-0.3, -0.25) is 0 Å². The van der Waals surface area contributed by atoms with Crippen molar-refractivity contribution in [2.75, 3.05) is 59.5 Å². The minimum atomic E-state index is -3.66. The molecule has 3 aliphatic rings. The van der Waals surface area contributed by atoms with E-state index in [1.54, 1.807) is 0 Å². The lowest BCUT2D eigenvalue weighted by Crippen LogP contribution is -2.95. The van der Waals surface area contributed by atoms with Gasteiger partial charge in [-0.15, -0.1) is 0 Å². The van der Waals surface area contributed by atoms with Crippen molar-refractivity contribution in [3.8, 4) is 0 Å². The summed E-state index contributed by atoms with van der Waals surface area (Å²) < 4.78 is 89.8. The molecule has 0 aromatic rings. The maximum absolute atomic E-state index is 8.09. The van der Waals surface area contributed by atoms with Gasteiger partial charge in [0.1, 0.15) is 0 Å². The molecule has 65 heavy (non-hydrogen) atoms. The monoisotopic (exact) mass is 995 g/mol. The first-order chi connectivity index (χ1) is 31.5. The first-order valence-electron chi connectivity index (χ1n) is 27.4. The molecule has 3 aliphatic heterocycles. The molecule has 0 aliphatic carbocycles. The van der Waals surface area contributed by atoms with Crippen molar-refractivity contribution >= 4 is 30.9 Å². The van der Waals surface area contributed by atoms with Gasteiger partial charge in [0.05, 0.1) is 39.6 Å². The van der Waals surface area contributed by atoms with Crippen LogP contribution in [-0.2, 0) is 55.0 Å². The van der Waals surface area contributed by atoms with Gasteiger partial charge in [0.15, 0.2) is 0 Å². The Bertz CT molecular complexity index is 1060. The highest BCUT2D eigenvalue weighted by Gasteiger charge is 2.86.